The first-order chi connectivity index (χ1) is 9.41. The minimum absolute atomic E-state index is 0.0122. The van der Waals surface area contributed by atoms with Gasteiger partial charge in [-0.3, -0.25) is 0 Å². The molecule has 0 aromatic heterocycles. The molecule has 0 radical (unpaired) electrons. The largest absolute Gasteiger partial charge is 0.489 e. The van der Waals surface area contributed by atoms with E-state index in [2.05, 4.69) is 15.9 Å². The molecule has 1 aromatic rings. The fourth-order valence-electron chi connectivity index (χ4n) is 2.53. The van der Waals surface area contributed by atoms with E-state index in [9.17, 15) is 13.2 Å². The number of alkyl halides is 3. The Hall–Kier alpha value is -0.750. The lowest BCUT2D eigenvalue weighted by molar-refractivity contribution is -0.137. The molecule has 1 aliphatic carbocycles. The van der Waals surface area contributed by atoms with Crippen LogP contribution in [0.5, 0.6) is 5.75 Å². The van der Waals surface area contributed by atoms with Crippen molar-refractivity contribution in [3.8, 4) is 5.75 Å². The van der Waals surface area contributed by atoms with Crippen LogP contribution in [0.2, 0.25) is 0 Å². The number of ether oxygens (including phenoxy) is 1. The number of hydrogen-bond donors (Lipinski definition) is 1. The maximum Gasteiger partial charge on any atom is 0.416 e. The van der Waals surface area contributed by atoms with Crippen LogP contribution in [0.1, 0.15) is 31.2 Å². The zero-order valence-corrected chi connectivity index (χ0v) is 12.5. The van der Waals surface area contributed by atoms with E-state index in [-0.39, 0.29) is 12.0 Å². The van der Waals surface area contributed by atoms with Crippen LogP contribution >= 0.6 is 15.9 Å². The van der Waals surface area contributed by atoms with Crippen molar-refractivity contribution in [1.29, 1.82) is 0 Å². The van der Waals surface area contributed by atoms with Gasteiger partial charge < -0.3 is 10.5 Å². The van der Waals surface area contributed by atoms with Gasteiger partial charge in [0.15, 0.2) is 0 Å². The van der Waals surface area contributed by atoms with E-state index in [1.165, 1.54) is 6.07 Å². The van der Waals surface area contributed by atoms with E-state index in [0.717, 1.165) is 37.8 Å². The summed E-state index contributed by atoms with van der Waals surface area (Å²) in [7, 11) is 0. The van der Waals surface area contributed by atoms with Gasteiger partial charge in [0.1, 0.15) is 11.9 Å². The first-order valence-electron chi connectivity index (χ1n) is 6.65. The van der Waals surface area contributed by atoms with Gasteiger partial charge in [-0.1, -0.05) is 6.42 Å². The van der Waals surface area contributed by atoms with Crippen LogP contribution in [-0.4, -0.2) is 12.6 Å². The van der Waals surface area contributed by atoms with E-state index in [1.807, 2.05) is 0 Å². The quantitative estimate of drug-likeness (QED) is 0.877. The van der Waals surface area contributed by atoms with Gasteiger partial charge in [-0.15, -0.1) is 0 Å². The molecule has 20 heavy (non-hydrogen) atoms. The Morgan fingerprint density at radius 2 is 1.95 bits per heavy atom. The molecule has 1 fully saturated rings. The van der Waals surface area contributed by atoms with Crippen molar-refractivity contribution in [2.24, 2.45) is 11.7 Å². The fraction of sp³-hybridized carbons (Fsp3) is 0.571. The second kappa shape index (κ2) is 6.35. The van der Waals surface area contributed by atoms with Crippen molar-refractivity contribution in [1.82, 2.24) is 0 Å². The molecule has 1 saturated carbocycles. The molecule has 0 heterocycles. The number of benzene rings is 1. The fourth-order valence-corrected chi connectivity index (χ4v) is 3.01. The van der Waals surface area contributed by atoms with Gasteiger partial charge in [-0.25, -0.2) is 0 Å². The van der Waals surface area contributed by atoms with Crippen molar-refractivity contribution in [3.05, 3.63) is 28.2 Å². The lowest BCUT2D eigenvalue weighted by atomic mass is 9.86. The van der Waals surface area contributed by atoms with Crippen molar-refractivity contribution in [2.45, 2.75) is 38.0 Å². The lowest BCUT2D eigenvalue weighted by Gasteiger charge is -2.31. The van der Waals surface area contributed by atoms with E-state index in [4.69, 9.17) is 10.5 Å². The van der Waals surface area contributed by atoms with Gasteiger partial charge in [0.25, 0.3) is 0 Å². The van der Waals surface area contributed by atoms with Crippen LogP contribution in [0.25, 0.3) is 0 Å². The molecule has 1 aliphatic rings. The molecule has 2 N–H and O–H groups in total. The Labute approximate surface area is 124 Å². The van der Waals surface area contributed by atoms with Crippen LogP contribution in [0, 0.1) is 5.92 Å². The second-order valence-electron chi connectivity index (χ2n) is 5.08. The van der Waals surface area contributed by atoms with Crippen molar-refractivity contribution in [3.63, 3.8) is 0 Å². The summed E-state index contributed by atoms with van der Waals surface area (Å²) < 4.78 is 44.0. The van der Waals surface area contributed by atoms with Gasteiger partial charge in [0, 0.05) is 5.92 Å². The molecule has 1 aromatic carbocycles. The number of hydrogen-bond acceptors (Lipinski definition) is 2. The van der Waals surface area contributed by atoms with Crippen LogP contribution in [-0.2, 0) is 6.18 Å². The van der Waals surface area contributed by atoms with Crippen LogP contribution < -0.4 is 10.5 Å². The van der Waals surface area contributed by atoms with Crippen molar-refractivity contribution in [2.75, 3.05) is 6.54 Å². The summed E-state index contributed by atoms with van der Waals surface area (Å²) >= 11 is 3.15. The summed E-state index contributed by atoms with van der Waals surface area (Å²) in [6, 6.07) is 3.46. The lowest BCUT2D eigenvalue weighted by Crippen LogP contribution is -2.35. The standard InChI is InChI=1S/C14H17BrF3NO/c15-11-7-10(14(16,17)18)5-6-13(11)20-12-4-2-1-3-9(12)8-19/h5-7,9,12H,1-4,8,19H2. The molecule has 112 valence electrons. The highest BCUT2D eigenvalue weighted by molar-refractivity contribution is 9.10. The minimum Gasteiger partial charge on any atom is -0.489 e. The second-order valence-corrected chi connectivity index (χ2v) is 5.93. The van der Waals surface area contributed by atoms with Gasteiger partial charge in [0.2, 0.25) is 0 Å². The van der Waals surface area contributed by atoms with Gasteiger partial charge in [0.05, 0.1) is 10.0 Å². The zero-order valence-electron chi connectivity index (χ0n) is 10.9. The normalized spacial score (nSPS) is 23.6. The minimum atomic E-state index is -4.34. The molecule has 0 spiro atoms. The Kier molecular flexibility index (Phi) is 4.96. The summed E-state index contributed by atoms with van der Waals surface area (Å²) in [6.07, 6.45) is -0.239. The monoisotopic (exact) mass is 351 g/mol. The smallest absolute Gasteiger partial charge is 0.416 e. The molecule has 2 atom stereocenters. The average molecular weight is 352 g/mol. The summed E-state index contributed by atoms with van der Waals surface area (Å²) in [5.41, 5.74) is 5.04. The zero-order chi connectivity index (χ0) is 14.8. The third-order valence-corrected chi connectivity index (χ3v) is 4.30. The van der Waals surface area contributed by atoms with Gasteiger partial charge >= 0.3 is 6.18 Å². The first-order valence-corrected chi connectivity index (χ1v) is 7.44. The van der Waals surface area contributed by atoms with E-state index >= 15 is 0 Å². The van der Waals surface area contributed by atoms with Crippen LogP contribution in [0.4, 0.5) is 13.2 Å². The molecule has 0 amide bonds. The van der Waals surface area contributed by atoms with Gasteiger partial charge in [-0.05, 0) is 59.9 Å². The van der Waals surface area contributed by atoms with Crippen LogP contribution in [0.15, 0.2) is 22.7 Å². The Balaban J connectivity index is 2.13. The molecular formula is C14H17BrF3NO. The molecule has 2 rings (SSSR count). The van der Waals surface area contributed by atoms with E-state index < -0.39 is 11.7 Å². The van der Waals surface area contributed by atoms with Crippen LogP contribution in [0.3, 0.4) is 0 Å². The Morgan fingerprint density at radius 1 is 1.25 bits per heavy atom. The summed E-state index contributed by atoms with van der Waals surface area (Å²) in [4.78, 5) is 0. The van der Waals surface area contributed by atoms with E-state index in [0.29, 0.717) is 16.8 Å². The molecule has 2 unspecified atom stereocenters. The molecule has 0 bridgehead atoms. The predicted molar refractivity (Wildman–Crippen MR) is 74.6 cm³/mol. The molecular weight excluding hydrogens is 335 g/mol. The SMILES string of the molecule is NCC1CCCCC1Oc1ccc(C(F)(F)F)cc1Br. The van der Waals surface area contributed by atoms with Gasteiger partial charge in [-0.2, -0.15) is 13.2 Å². The molecule has 0 aliphatic heterocycles. The highest BCUT2D eigenvalue weighted by Gasteiger charge is 2.31. The summed E-state index contributed by atoms with van der Waals surface area (Å²) in [5, 5.41) is 0. The molecule has 0 saturated heterocycles. The number of nitrogens with two attached hydrogens (primary N) is 1. The molecule has 6 heteroatoms. The molecule has 2 nitrogen and oxygen atoms in total. The summed E-state index contributed by atoms with van der Waals surface area (Å²) in [6.45, 7) is 0.545. The summed E-state index contributed by atoms with van der Waals surface area (Å²) in [5.74, 6) is 0.723. The number of rotatable bonds is 3. The maximum absolute atomic E-state index is 12.6. The van der Waals surface area contributed by atoms with E-state index in [1.54, 1.807) is 0 Å². The first kappa shape index (κ1) is 15.6. The van der Waals surface area contributed by atoms with Crippen molar-refractivity contribution < 1.29 is 17.9 Å². The average Bonchev–Trinajstić information content (AvgIpc) is 2.40. The topological polar surface area (TPSA) is 35.2 Å². The Morgan fingerprint density at radius 3 is 2.55 bits per heavy atom. The Bertz CT molecular complexity index is 464. The third kappa shape index (κ3) is 3.67. The predicted octanol–water partition coefficient (Wildman–Crippen LogP) is 4.36. The number of halogens is 4. The van der Waals surface area contributed by atoms with Crippen molar-refractivity contribution >= 4 is 15.9 Å². The highest BCUT2D eigenvalue weighted by Crippen LogP contribution is 2.36. The third-order valence-electron chi connectivity index (χ3n) is 3.68. The highest BCUT2D eigenvalue weighted by atomic mass is 79.9. The maximum atomic E-state index is 12.6.